The topological polar surface area (TPSA) is 12.0 Å². The third-order valence-electron chi connectivity index (χ3n) is 4.15. The van der Waals surface area contributed by atoms with Gasteiger partial charge >= 0.3 is 0 Å². The highest BCUT2D eigenvalue weighted by atomic mass is 14.9. The van der Waals surface area contributed by atoms with Crippen LogP contribution in [0.3, 0.4) is 0 Å². The number of rotatable bonds is 7. The van der Waals surface area contributed by atoms with Crippen molar-refractivity contribution < 1.29 is 0 Å². The van der Waals surface area contributed by atoms with Gasteiger partial charge in [-0.25, -0.2) is 0 Å². The Kier molecular flexibility index (Phi) is 7.37. The summed E-state index contributed by atoms with van der Waals surface area (Å²) in [6.45, 7) is 5.63. The molecule has 1 N–H and O–H groups in total. The van der Waals surface area contributed by atoms with Gasteiger partial charge in [-0.2, -0.15) is 0 Å². The Morgan fingerprint density at radius 3 is 2.41 bits per heavy atom. The Morgan fingerprint density at radius 1 is 1.18 bits per heavy atom. The van der Waals surface area contributed by atoms with Crippen molar-refractivity contribution in [1.82, 2.24) is 5.32 Å². The van der Waals surface area contributed by atoms with Crippen LogP contribution in [0.15, 0.2) is 0 Å². The second kappa shape index (κ2) is 8.59. The highest BCUT2D eigenvalue weighted by Crippen LogP contribution is 2.33. The van der Waals surface area contributed by atoms with E-state index in [-0.39, 0.29) is 0 Å². The van der Waals surface area contributed by atoms with Crippen LogP contribution in [0.2, 0.25) is 0 Å². The molecule has 0 aromatic carbocycles. The molecule has 0 spiro atoms. The van der Waals surface area contributed by atoms with E-state index in [4.69, 9.17) is 6.42 Å². The monoisotopic (exact) mass is 235 g/mol. The van der Waals surface area contributed by atoms with Gasteiger partial charge in [0.05, 0.1) is 0 Å². The summed E-state index contributed by atoms with van der Waals surface area (Å²) in [7, 11) is 0. The number of hydrogen-bond donors (Lipinski definition) is 1. The maximum Gasteiger partial charge on any atom is 0.0243 e. The molecule has 98 valence electrons. The van der Waals surface area contributed by atoms with Gasteiger partial charge in [0.2, 0.25) is 0 Å². The van der Waals surface area contributed by atoms with Gasteiger partial charge in [-0.15, -0.1) is 12.3 Å². The summed E-state index contributed by atoms with van der Waals surface area (Å²) < 4.78 is 0. The van der Waals surface area contributed by atoms with Gasteiger partial charge in [0, 0.05) is 12.5 Å². The van der Waals surface area contributed by atoms with Crippen LogP contribution in [0.4, 0.5) is 0 Å². The molecule has 0 heterocycles. The lowest BCUT2D eigenvalue weighted by Gasteiger charge is -2.33. The van der Waals surface area contributed by atoms with Gasteiger partial charge in [0.1, 0.15) is 0 Å². The first-order valence-corrected chi connectivity index (χ1v) is 7.48. The van der Waals surface area contributed by atoms with Crippen LogP contribution in [0.25, 0.3) is 0 Å². The first-order valence-electron chi connectivity index (χ1n) is 7.48. The summed E-state index contributed by atoms with van der Waals surface area (Å²) in [5, 5.41) is 3.64. The summed E-state index contributed by atoms with van der Waals surface area (Å²) in [4.78, 5) is 0. The highest BCUT2D eigenvalue weighted by Gasteiger charge is 2.26. The van der Waals surface area contributed by atoms with Gasteiger partial charge in [-0.05, 0) is 37.6 Å². The maximum absolute atomic E-state index is 5.49. The minimum atomic E-state index is 0.572. The SMILES string of the molecule is C#CCC(NCCC)C1CCC(CCC)CC1. The predicted octanol–water partition coefficient (Wildman–Crippen LogP) is 3.98. The fraction of sp³-hybridized carbons (Fsp3) is 0.875. The first kappa shape index (κ1) is 14.6. The second-order valence-corrected chi connectivity index (χ2v) is 5.54. The van der Waals surface area contributed by atoms with Crippen LogP contribution in [0.5, 0.6) is 0 Å². The van der Waals surface area contributed by atoms with Crippen molar-refractivity contribution in [3.05, 3.63) is 0 Å². The molecule has 1 atom stereocenters. The molecule has 1 nitrogen and oxygen atoms in total. The number of terminal acetylenes is 1. The molecule has 1 aliphatic rings. The molecule has 0 aromatic rings. The largest absolute Gasteiger partial charge is 0.313 e. The van der Waals surface area contributed by atoms with E-state index in [1.54, 1.807) is 0 Å². The quantitative estimate of drug-likeness (QED) is 0.658. The van der Waals surface area contributed by atoms with E-state index in [1.807, 2.05) is 0 Å². The van der Waals surface area contributed by atoms with Crippen molar-refractivity contribution in [1.29, 1.82) is 0 Å². The average molecular weight is 235 g/mol. The summed E-state index contributed by atoms with van der Waals surface area (Å²) in [5.74, 6) is 4.67. The lowest BCUT2D eigenvalue weighted by atomic mass is 9.76. The van der Waals surface area contributed by atoms with Crippen molar-refractivity contribution in [2.75, 3.05) is 6.54 Å². The van der Waals surface area contributed by atoms with Crippen LogP contribution < -0.4 is 5.32 Å². The molecule has 17 heavy (non-hydrogen) atoms. The summed E-state index contributed by atoms with van der Waals surface area (Å²) in [6.07, 6.45) is 16.0. The van der Waals surface area contributed by atoms with Crippen molar-refractivity contribution in [2.24, 2.45) is 11.8 Å². The van der Waals surface area contributed by atoms with Crippen molar-refractivity contribution >= 4 is 0 Å². The van der Waals surface area contributed by atoms with Gasteiger partial charge in [0.15, 0.2) is 0 Å². The zero-order valence-electron chi connectivity index (χ0n) is 11.7. The van der Waals surface area contributed by atoms with E-state index in [1.165, 1.54) is 44.9 Å². The zero-order valence-corrected chi connectivity index (χ0v) is 11.7. The Labute approximate surface area is 108 Å². The van der Waals surface area contributed by atoms with E-state index in [0.717, 1.165) is 24.8 Å². The van der Waals surface area contributed by atoms with Crippen molar-refractivity contribution in [2.45, 2.75) is 71.3 Å². The Hall–Kier alpha value is -0.480. The second-order valence-electron chi connectivity index (χ2n) is 5.54. The van der Waals surface area contributed by atoms with Crippen LogP contribution in [0, 0.1) is 24.2 Å². The van der Waals surface area contributed by atoms with Gasteiger partial charge in [-0.1, -0.05) is 39.5 Å². The fourth-order valence-electron chi connectivity index (χ4n) is 3.15. The number of hydrogen-bond acceptors (Lipinski definition) is 1. The Bertz CT molecular complexity index is 220. The van der Waals surface area contributed by atoms with E-state index in [9.17, 15) is 0 Å². The molecule has 0 saturated heterocycles. The molecule has 0 bridgehead atoms. The summed E-state index contributed by atoms with van der Waals surface area (Å²) in [6, 6.07) is 0.572. The molecule has 1 saturated carbocycles. The maximum atomic E-state index is 5.49. The standard InChI is InChI=1S/C16H29N/c1-4-7-14-9-11-15(12-10-14)16(8-5-2)17-13-6-3/h2,14-17H,4,6-13H2,1,3H3. The van der Waals surface area contributed by atoms with Gasteiger partial charge < -0.3 is 5.32 Å². The molecular formula is C16H29N. The van der Waals surface area contributed by atoms with Gasteiger partial charge in [0.25, 0.3) is 0 Å². The molecular weight excluding hydrogens is 206 g/mol. The predicted molar refractivity (Wildman–Crippen MR) is 75.9 cm³/mol. The van der Waals surface area contributed by atoms with Crippen LogP contribution >= 0.6 is 0 Å². The third kappa shape index (κ3) is 5.13. The molecule has 1 fully saturated rings. The highest BCUT2D eigenvalue weighted by molar-refractivity contribution is 4.93. The molecule has 1 aliphatic carbocycles. The van der Waals surface area contributed by atoms with Crippen molar-refractivity contribution in [3.8, 4) is 12.3 Å². The smallest absolute Gasteiger partial charge is 0.0243 e. The van der Waals surface area contributed by atoms with Crippen LogP contribution in [-0.2, 0) is 0 Å². The Morgan fingerprint density at radius 2 is 1.88 bits per heavy atom. The van der Waals surface area contributed by atoms with E-state index < -0.39 is 0 Å². The molecule has 0 aliphatic heterocycles. The lowest BCUT2D eigenvalue weighted by molar-refractivity contribution is 0.215. The molecule has 1 unspecified atom stereocenters. The summed E-state index contributed by atoms with van der Waals surface area (Å²) in [5.41, 5.74) is 0. The van der Waals surface area contributed by atoms with E-state index >= 15 is 0 Å². The van der Waals surface area contributed by atoms with Crippen molar-refractivity contribution in [3.63, 3.8) is 0 Å². The number of nitrogens with one attached hydrogen (secondary N) is 1. The fourth-order valence-corrected chi connectivity index (χ4v) is 3.15. The minimum Gasteiger partial charge on any atom is -0.313 e. The molecule has 0 radical (unpaired) electrons. The van der Waals surface area contributed by atoms with E-state index in [2.05, 4.69) is 25.1 Å². The van der Waals surface area contributed by atoms with Crippen LogP contribution in [-0.4, -0.2) is 12.6 Å². The molecule has 0 amide bonds. The van der Waals surface area contributed by atoms with Crippen LogP contribution in [0.1, 0.15) is 65.2 Å². The van der Waals surface area contributed by atoms with E-state index in [0.29, 0.717) is 6.04 Å². The normalized spacial score (nSPS) is 26.4. The Balaban J connectivity index is 2.35. The minimum absolute atomic E-state index is 0.572. The molecule has 1 rings (SSSR count). The molecule has 0 aromatic heterocycles. The third-order valence-corrected chi connectivity index (χ3v) is 4.15. The zero-order chi connectivity index (χ0) is 12.5. The average Bonchev–Trinajstić information content (AvgIpc) is 2.36. The summed E-state index contributed by atoms with van der Waals surface area (Å²) >= 11 is 0. The molecule has 1 heteroatoms. The lowest BCUT2D eigenvalue weighted by Crippen LogP contribution is -2.38. The first-order chi connectivity index (χ1) is 8.31. The van der Waals surface area contributed by atoms with Gasteiger partial charge in [-0.3, -0.25) is 0 Å².